The molecule has 0 unspecified atom stereocenters. The van der Waals surface area contributed by atoms with E-state index in [1.165, 1.54) is 49.7 Å². The van der Waals surface area contributed by atoms with Crippen molar-refractivity contribution in [1.29, 1.82) is 0 Å². The summed E-state index contributed by atoms with van der Waals surface area (Å²) in [6.45, 7) is 7.16. The van der Waals surface area contributed by atoms with Crippen molar-refractivity contribution >= 4 is 27.9 Å². The van der Waals surface area contributed by atoms with Gasteiger partial charge in [-0.1, -0.05) is 85.4 Å². The van der Waals surface area contributed by atoms with Gasteiger partial charge in [-0.3, -0.25) is 4.79 Å². The smallest absolute Gasteiger partial charge is 0.197 e. The molecule has 0 spiro atoms. The van der Waals surface area contributed by atoms with Crippen molar-refractivity contribution in [3.63, 3.8) is 0 Å². The van der Waals surface area contributed by atoms with E-state index in [1.807, 2.05) is 25.1 Å². The molecule has 4 aromatic rings. The van der Waals surface area contributed by atoms with Crippen LogP contribution < -0.4 is 5.43 Å². The fourth-order valence-corrected chi connectivity index (χ4v) is 4.91. The van der Waals surface area contributed by atoms with Crippen LogP contribution in [0.25, 0.3) is 27.9 Å². The van der Waals surface area contributed by atoms with E-state index in [0.717, 1.165) is 45.9 Å². The Morgan fingerprint density at radius 1 is 0.706 bits per heavy atom. The number of unbranched alkanes of at least 4 members (excludes halogenated alkanes) is 5. The maximum Gasteiger partial charge on any atom is 0.197 e. The molecule has 0 aliphatic rings. The Kier molecular flexibility index (Phi) is 8.00. The Labute approximate surface area is 203 Å². The van der Waals surface area contributed by atoms with Gasteiger partial charge in [0, 0.05) is 17.3 Å². The van der Waals surface area contributed by atoms with Gasteiger partial charge >= 0.3 is 0 Å². The van der Waals surface area contributed by atoms with Gasteiger partial charge in [-0.05, 0) is 75.4 Å². The maximum absolute atomic E-state index is 13.3. The van der Waals surface area contributed by atoms with Crippen LogP contribution in [-0.4, -0.2) is 4.57 Å². The molecule has 0 radical (unpaired) electrons. The molecule has 0 N–H and O–H groups in total. The number of allylic oxidation sites excluding steroid dienone is 1. The van der Waals surface area contributed by atoms with Crippen LogP contribution in [0.4, 0.5) is 0 Å². The molecule has 0 fully saturated rings. The summed E-state index contributed by atoms with van der Waals surface area (Å²) >= 11 is 0. The lowest BCUT2D eigenvalue weighted by molar-refractivity contribution is 0.563. The first-order chi connectivity index (χ1) is 16.6. The zero-order chi connectivity index (χ0) is 23.9. The highest BCUT2D eigenvalue weighted by molar-refractivity contribution is 5.94. The van der Waals surface area contributed by atoms with Crippen LogP contribution >= 0.6 is 0 Å². The minimum absolute atomic E-state index is 0.143. The van der Waals surface area contributed by atoms with E-state index in [1.54, 1.807) is 0 Å². The van der Waals surface area contributed by atoms with Gasteiger partial charge < -0.3 is 4.57 Å². The van der Waals surface area contributed by atoms with Crippen LogP contribution in [0, 0.1) is 13.8 Å². The molecule has 2 nitrogen and oxygen atoms in total. The molecule has 0 atom stereocenters. The van der Waals surface area contributed by atoms with Gasteiger partial charge in [0.05, 0.1) is 11.0 Å². The number of rotatable bonds is 10. The first-order valence-electron chi connectivity index (χ1n) is 12.8. The number of aryl methyl sites for hydroxylation is 4. The Bertz CT molecular complexity index is 1340. The third-order valence-corrected chi connectivity index (χ3v) is 6.82. The predicted octanol–water partition coefficient (Wildman–Crippen LogP) is 8.39. The van der Waals surface area contributed by atoms with Crippen LogP contribution in [0.2, 0.25) is 0 Å². The first kappa shape index (κ1) is 24.0. The lowest BCUT2D eigenvalue weighted by Crippen LogP contribution is -2.12. The lowest BCUT2D eigenvalue weighted by atomic mass is 10.0. The first-order valence-corrected chi connectivity index (χ1v) is 12.8. The van der Waals surface area contributed by atoms with Gasteiger partial charge in [0.25, 0.3) is 0 Å². The molecule has 1 heterocycles. The highest BCUT2D eigenvalue weighted by Gasteiger charge is 2.11. The highest BCUT2D eigenvalue weighted by atomic mass is 16.1. The lowest BCUT2D eigenvalue weighted by Gasteiger charge is -2.16. The molecule has 176 valence electrons. The summed E-state index contributed by atoms with van der Waals surface area (Å²) in [6, 6.07) is 21.5. The van der Waals surface area contributed by atoms with Crippen molar-refractivity contribution in [2.45, 2.75) is 72.3 Å². The number of fused-ring (bicyclic) bond motifs is 2. The van der Waals surface area contributed by atoms with Crippen molar-refractivity contribution in [2.75, 3.05) is 0 Å². The standard InChI is InChI=1S/C32H37NO/c1-4-11-27-18-20-31-29(23-27)32(34)28-22-25(3)15-19-30(28)33(31)21-10-8-6-5-7-9-12-26-16-13-24(2)14-17-26/h4,11,13-20,22-23H,5-10,12,21H2,1-3H3. The topological polar surface area (TPSA) is 22.0 Å². The Morgan fingerprint density at radius 2 is 1.32 bits per heavy atom. The van der Waals surface area contributed by atoms with Gasteiger partial charge in [0.2, 0.25) is 0 Å². The van der Waals surface area contributed by atoms with Crippen molar-refractivity contribution in [1.82, 2.24) is 4.57 Å². The summed E-state index contributed by atoms with van der Waals surface area (Å²) in [5.74, 6) is 0. The van der Waals surface area contributed by atoms with Crippen molar-refractivity contribution < 1.29 is 0 Å². The maximum atomic E-state index is 13.3. The summed E-state index contributed by atoms with van der Waals surface area (Å²) < 4.78 is 2.36. The average molecular weight is 452 g/mol. The molecule has 2 heteroatoms. The number of aromatic nitrogens is 1. The number of benzene rings is 3. The van der Waals surface area contributed by atoms with E-state index in [2.05, 4.69) is 73.0 Å². The second kappa shape index (κ2) is 11.3. The molecule has 0 saturated heterocycles. The molecule has 4 rings (SSSR count). The third kappa shape index (κ3) is 5.67. The van der Waals surface area contributed by atoms with Gasteiger partial charge in [-0.15, -0.1) is 0 Å². The number of hydrogen-bond donors (Lipinski definition) is 0. The number of pyridine rings is 1. The van der Waals surface area contributed by atoms with Crippen molar-refractivity contribution in [2.24, 2.45) is 0 Å². The highest BCUT2D eigenvalue weighted by Crippen LogP contribution is 2.23. The van der Waals surface area contributed by atoms with E-state index < -0.39 is 0 Å². The third-order valence-electron chi connectivity index (χ3n) is 6.82. The summed E-state index contributed by atoms with van der Waals surface area (Å²) in [6.07, 6.45) is 12.8. The van der Waals surface area contributed by atoms with Crippen LogP contribution in [0.3, 0.4) is 0 Å². The molecule has 1 aromatic heterocycles. The Hall–Kier alpha value is -3.13. The fraction of sp³-hybridized carbons (Fsp3) is 0.344. The Balaban J connectivity index is 1.40. The van der Waals surface area contributed by atoms with E-state index in [-0.39, 0.29) is 5.43 Å². The zero-order valence-electron chi connectivity index (χ0n) is 20.9. The minimum atomic E-state index is 0.143. The normalized spacial score (nSPS) is 11.7. The van der Waals surface area contributed by atoms with Crippen LogP contribution in [-0.2, 0) is 13.0 Å². The largest absolute Gasteiger partial charge is 0.340 e. The van der Waals surface area contributed by atoms with E-state index in [9.17, 15) is 4.79 Å². The SMILES string of the molecule is CC=Cc1ccc2c(c1)c(=O)c1cc(C)ccc1n2CCCCCCCCc1ccc(C)cc1. The summed E-state index contributed by atoms with van der Waals surface area (Å²) in [5.41, 5.74) is 7.25. The predicted molar refractivity (Wildman–Crippen MR) is 148 cm³/mol. The number of hydrogen-bond acceptors (Lipinski definition) is 1. The minimum Gasteiger partial charge on any atom is -0.340 e. The van der Waals surface area contributed by atoms with Crippen molar-refractivity contribution in [3.05, 3.63) is 99.2 Å². The van der Waals surface area contributed by atoms with Crippen LogP contribution in [0.5, 0.6) is 0 Å². The molecule has 0 saturated carbocycles. The second-order valence-electron chi connectivity index (χ2n) is 9.63. The average Bonchev–Trinajstić information content (AvgIpc) is 2.84. The Morgan fingerprint density at radius 3 is 2.06 bits per heavy atom. The molecule has 3 aromatic carbocycles. The monoisotopic (exact) mass is 451 g/mol. The van der Waals surface area contributed by atoms with Gasteiger partial charge in [-0.25, -0.2) is 0 Å². The second-order valence-corrected chi connectivity index (χ2v) is 9.63. The molecule has 34 heavy (non-hydrogen) atoms. The van der Waals surface area contributed by atoms with E-state index in [0.29, 0.717) is 0 Å². The fourth-order valence-electron chi connectivity index (χ4n) is 4.91. The van der Waals surface area contributed by atoms with Gasteiger partial charge in [0.1, 0.15) is 0 Å². The molecule has 0 aliphatic carbocycles. The molecular weight excluding hydrogens is 414 g/mol. The van der Waals surface area contributed by atoms with Crippen LogP contribution in [0.1, 0.15) is 67.7 Å². The summed E-state index contributed by atoms with van der Waals surface area (Å²) in [7, 11) is 0. The van der Waals surface area contributed by atoms with Crippen LogP contribution in [0.15, 0.2) is 71.5 Å². The van der Waals surface area contributed by atoms with Gasteiger partial charge in [-0.2, -0.15) is 0 Å². The molecule has 0 aliphatic heterocycles. The summed E-state index contributed by atoms with van der Waals surface area (Å²) in [5, 5.41) is 1.66. The van der Waals surface area contributed by atoms with E-state index >= 15 is 0 Å². The number of nitrogens with zero attached hydrogens (tertiary/aromatic N) is 1. The van der Waals surface area contributed by atoms with Crippen molar-refractivity contribution in [3.8, 4) is 0 Å². The quantitative estimate of drug-likeness (QED) is 0.175. The zero-order valence-corrected chi connectivity index (χ0v) is 20.9. The molecule has 0 amide bonds. The molecular formula is C32H37NO. The summed E-state index contributed by atoms with van der Waals surface area (Å²) in [4.78, 5) is 13.3. The van der Waals surface area contributed by atoms with E-state index in [4.69, 9.17) is 0 Å². The molecule has 0 bridgehead atoms. The van der Waals surface area contributed by atoms with Gasteiger partial charge in [0.15, 0.2) is 5.43 Å².